The van der Waals surface area contributed by atoms with Gasteiger partial charge >= 0.3 is 0 Å². The van der Waals surface area contributed by atoms with Crippen LogP contribution in [0.4, 0.5) is 0 Å². The molecule has 0 heterocycles. The summed E-state index contributed by atoms with van der Waals surface area (Å²) in [6.07, 6.45) is 4.89. The molecule has 0 aliphatic heterocycles. The molecule has 0 radical (unpaired) electrons. The minimum absolute atomic E-state index is 0. The Hall–Kier alpha value is -0.780. The number of aryl methyl sites for hydroxylation is 2. The van der Waals surface area contributed by atoms with Crippen molar-refractivity contribution in [3.05, 3.63) is 35.4 Å². The van der Waals surface area contributed by atoms with Crippen LogP contribution in [0.25, 0.3) is 0 Å². The predicted octanol–water partition coefficient (Wildman–Crippen LogP) is 8.97. The average Bonchev–Trinajstić information content (AvgIpc) is 2.55. The summed E-state index contributed by atoms with van der Waals surface area (Å²) in [5.74, 6) is 0. The average molecular weight is 315 g/mol. The highest BCUT2D eigenvalue weighted by atomic mass is 14.0. The first-order valence-electron chi connectivity index (χ1n) is 8.86. The highest BCUT2D eigenvalue weighted by molar-refractivity contribution is 5.26. The second-order valence-corrected chi connectivity index (χ2v) is 3.58. The van der Waals surface area contributed by atoms with Crippen molar-refractivity contribution in [1.29, 1.82) is 0 Å². The van der Waals surface area contributed by atoms with E-state index in [0.29, 0.717) is 0 Å². The third-order valence-corrected chi connectivity index (χ3v) is 2.02. The minimum atomic E-state index is 0. The van der Waals surface area contributed by atoms with Crippen molar-refractivity contribution >= 4 is 0 Å². The molecule has 1 aromatic carbocycles. The Morgan fingerprint density at radius 2 is 0.955 bits per heavy atom. The summed E-state index contributed by atoms with van der Waals surface area (Å²) in [4.78, 5) is 0. The molecule has 0 spiro atoms. The zero-order valence-corrected chi connectivity index (χ0v) is 16.1. The predicted molar refractivity (Wildman–Crippen MR) is 113 cm³/mol. The molecule has 1 aromatic rings. The summed E-state index contributed by atoms with van der Waals surface area (Å²) in [5, 5.41) is 0. The molecule has 0 N–H and O–H groups in total. The Morgan fingerprint density at radius 1 is 0.636 bits per heavy atom. The number of rotatable bonds is 3. The monoisotopic (exact) mass is 314 g/mol. The van der Waals surface area contributed by atoms with Crippen molar-refractivity contribution in [1.82, 2.24) is 0 Å². The van der Waals surface area contributed by atoms with Gasteiger partial charge in [0.05, 0.1) is 0 Å². The van der Waals surface area contributed by atoms with E-state index in [1.54, 1.807) is 0 Å². The first kappa shape index (κ1) is 37.5. The van der Waals surface area contributed by atoms with Gasteiger partial charge in [0.1, 0.15) is 0 Å². The maximum atomic E-state index is 2.24. The van der Waals surface area contributed by atoms with Gasteiger partial charge in [0.25, 0.3) is 0 Å². The Bertz CT molecular complexity index is 225. The smallest absolute Gasteiger partial charge is 0.0279 e. The maximum Gasteiger partial charge on any atom is -0.0279 e. The summed E-state index contributed by atoms with van der Waals surface area (Å²) in [5.41, 5.74) is 3.03. The van der Waals surface area contributed by atoms with Crippen molar-refractivity contribution in [3.63, 3.8) is 0 Å². The van der Waals surface area contributed by atoms with Gasteiger partial charge in [-0.25, -0.2) is 0 Å². The fraction of sp³-hybridized carbons (Fsp3) is 0.727. The third-order valence-electron chi connectivity index (χ3n) is 2.02. The highest BCUT2D eigenvalue weighted by Gasteiger charge is 1.96. The first-order valence-corrected chi connectivity index (χ1v) is 8.86. The zero-order chi connectivity index (χ0) is 16.8. The summed E-state index contributed by atoms with van der Waals surface area (Å²) >= 11 is 0. The second kappa shape index (κ2) is 42.7. The van der Waals surface area contributed by atoms with Gasteiger partial charge in [0.15, 0.2) is 0 Å². The molecule has 0 unspecified atom stereocenters. The van der Waals surface area contributed by atoms with Crippen LogP contribution in [0.2, 0.25) is 0 Å². The molecule has 0 aliphatic rings. The zero-order valence-electron chi connectivity index (χ0n) is 16.1. The van der Waals surface area contributed by atoms with Gasteiger partial charge in [0.2, 0.25) is 0 Å². The van der Waals surface area contributed by atoms with Crippen molar-refractivity contribution in [3.8, 4) is 0 Å². The fourth-order valence-electron chi connectivity index (χ4n) is 1.42. The molecule has 0 heteroatoms. The molecule has 138 valence electrons. The molecule has 1 rings (SSSR count). The van der Waals surface area contributed by atoms with Crippen molar-refractivity contribution in [2.24, 2.45) is 0 Å². The molecule has 0 fully saturated rings. The third kappa shape index (κ3) is 27.5. The summed E-state index contributed by atoms with van der Waals surface area (Å²) in [7, 11) is 0. The molecular formula is C22H50. The van der Waals surface area contributed by atoms with Gasteiger partial charge in [-0.2, -0.15) is 0 Å². The Balaban J connectivity index is -0.0000000502. The summed E-state index contributed by atoms with van der Waals surface area (Å²) in [6.45, 7) is 20.7. The van der Waals surface area contributed by atoms with E-state index in [4.69, 9.17) is 0 Å². The van der Waals surface area contributed by atoms with E-state index in [1.165, 1.54) is 30.4 Å². The van der Waals surface area contributed by atoms with Crippen LogP contribution in [0.15, 0.2) is 24.3 Å². The Morgan fingerprint density at radius 3 is 1.23 bits per heavy atom. The van der Waals surface area contributed by atoms with Crippen LogP contribution in [0.5, 0.6) is 0 Å². The van der Waals surface area contributed by atoms with Crippen LogP contribution in [-0.4, -0.2) is 0 Å². The van der Waals surface area contributed by atoms with E-state index in [1.807, 2.05) is 41.5 Å². The normalized spacial score (nSPS) is 6.64. The van der Waals surface area contributed by atoms with Gasteiger partial charge in [-0.1, -0.05) is 121 Å². The van der Waals surface area contributed by atoms with Crippen molar-refractivity contribution < 1.29 is 0 Å². The quantitative estimate of drug-likeness (QED) is 0.522. The topological polar surface area (TPSA) is 0 Å². The molecule has 0 saturated heterocycles. The van der Waals surface area contributed by atoms with Crippen LogP contribution in [0.3, 0.4) is 0 Å². The molecule has 0 amide bonds. The van der Waals surface area contributed by atoms with Crippen molar-refractivity contribution in [2.75, 3.05) is 0 Å². The van der Waals surface area contributed by atoms with E-state index in [2.05, 4.69) is 52.0 Å². The van der Waals surface area contributed by atoms with Crippen LogP contribution < -0.4 is 0 Å². The Kier molecular flexibility index (Phi) is 72.8. The molecule has 0 bridgehead atoms. The molecule has 22 heavy (non-hydrogen) atoms. The molecular weight excluding hydrogens is 264 g/mol. The first-order chi connectivity index (χ1) is 9.79. The summed E-state index contributed by atoms with van der Waals surface area (Å²) < 4.78 is 0. The Labute approximate surface area is 145 Å². The molecule has 0 saturated carbocycles. The van der Waals surface area contributed by atoms with Crippen LogP contribution in [-0.2, 0) is 12.8 Å². The molecule has 0 aromatic heterocycles. The second-order valence-electron chi connectivity index (χ2n) is 3.58. The van der Waals surface area contributed by atoms with Crippen LogP contribution >= 0.6 is 0 Å². The van der Waals surface area contributed by atoms with Gasteiger partial charge in [0, 0.05) is 0 Å². The fourth-order valence-corrected chi connectivity index (χ4v) is 1.42. The number of hydrogen-bond donors (Lipinski definition) is 0. The minimum Gasteiger partial charge on any atom is -0.0776 e. The lowest BCUT2D eigenvalue weighted by atomic mass is 10.0. The van der Waals surface area contributed by atoms with E-state index in [9.17, 15) is 0 Å². The highest BCUT2D eigenvalue weighted by Crippen LogP contribution is 2.10. The largest absolute Gasteiger partial charge is 0.0776 e. The van der Waals surface area contributed by atoms with Crippen molar-refractivity contribution in [2.45, 2.75) is 110 Å². The van der Waals surface area contributed by atoms with E-state index in [0.717, 1.165) is 6.42 Å². The molecule has 0 atom stereocenters. The van der Waals surface area contributed by atoms with Gasteiger partial charge in [-0.3, -0.25) is 0 Å². The number of hydrogen-bond acceptors (Lipinski definition) is 0. The van der Waals surface area contributed by atoms with E-state index >= 15 is 0 Å². The standard InChI is InChI=1S/C11H16.C3H8.3C2H6.2CH4/c1-3-7-11-9-6-5-8-10(11)4-2;1-3-2;3*1-2;;/h5-6,8-9H,3-4,7H2,1-2H3;3H2,1-2H3;3*1-2H3;2*1H4. The van der Waals surface area contributed by atoms with Gasteiger partial charge < -0.3 is 0 Å². The van der Waals surface area contributed by atoms with Crippen LogP contribution in [0, 0.1) is 0 Å². The summed E-state index contributed by atoms with van der Waals surface area (Å²) in [6, 6.07) is 8.72. The lowest BCUT2D eigenvalue weighted by Crippen LogP contribution is -1.90. The lowest BCUT2D eigenvalue weighted by Gasteiger charge is -2.04. The molecule has 0 nitrogen and oxygen atoms in total. The van der Waals surface area contributed by atoms with Gasteiger partial charge in [-0.15, -0.1) is 0 Å². The maximum absolute atomic E-state index is 2.24. The van der Waals surface area contributed by atoms with E-state index < -0.39 is 0 Å². The van der Waals surface area contributed by atoms with Crippen LogP contribution in [0.1, 0.15) is 108 Å². The van der Waals surface area contributed by atoms with Gasteiger partial charge in [-0.05, 0) is 24.0 Å². The van der Waals surface area contributed by atoms with E-state index in [-0.39, 0.29) is 14.9 Å². The number of benzene rings is 1. The SMILES string of the molecule is C.C.CC.CC.CC.CCC.CCCc1ccccc1CC. The molecule has 0 aliphatic carbocycles. The lowest BCUT2D eigenvalue weighted by molar-refractivity contribution is 0.899.